The minimum absolute atomic E-state index is 0.0165. The molecular weight excluding hydrogens is 298 g/mol. The number of ether oxygens (including phenoxy) is 1. The standard InChI is InChI=1S/C12H15N3O5S/c1-2-11(16)20-8-7-14-12(17)15-9-3-5-10(6-4-9)21(13,18)19/h2-6H,1,7-8H2,(H2,13,18,19)(H2,14,15,17). The Balaban J connectivity index is 2.41. The van der Waals surface area contributed by atoms with E-state index in [-0.39, 0.29) is 18.0 Å². The number of anilines is 1. The normalized spacial score (nSPS) is 10.5. The van der Waals surface area contributed by atoms with Gasteiger partial charge in [-0.05, 0) is 24.3 Å². The molecule has 0 aliphatic rings. The van der Waals surface area contributed by atoms with Crippen LogP contribution in [-0.2, 0) is 19.6 Å². The smallest absolute Gasteiger partial charge is 0.330 e. The van der Waals surface area contributed by atoms with Crippen LogP contribution in [0.3, 0.4) is 0 Å². The van der Waals surface area contributed by atoms with Crippen LogP contribution in [0, 0.1) is 0 Å². The molecule has 0 aliphatic heterocycles. The van der Waals surface area contributed by atoms with Crippen molar-refractivity contribution in [3.63, 3.8) is 0 Å². The molecule has 0 unspecified atom stereocenters. The molecule has 8 nitrogen and oxygen atoms in total. The Hall–Kier alpha value is -2.39. The number of sulfonamides is 1. The first-order valence-electron chi connectivity index (χ1n) is 5.80. The molecule has 1 rings (SSSR count). The van der Waals surface area contributed by atoms with Crippen molar-refractivity contribution in [1.29, 1.82) is 0 Å². The number of carbonyl (C=O) groups is 2. The van der Waals surface area contributed by atoms with Gasteiger partial charge in [-0.25, -0.2) is 23.1 Å². The molecule has 0 radical (unpaired) electrons. The van der Waals surface area contributed by atoms with Crippen molar-refractivity contribution < 1.29 is 22.7 Å². The first kappa shape index (κ1) is 16.7. The molecule has 1 aromatic rings. The molecule has 21 heavy (non-hydrogen) atoms. The van der Waals surface area contributed by atoms with Crippen molar-refractivity contribution in [3.8, 4) is 0 Å². The maximum absolute atomic E-state index is 11.5. The Kier molecular flexibility index (Phi) is 5.88. The fraction of sp³-hybridized carbons (Fsp3) is 0.167. The van der Waals surface area contributed by atoms with Crippen LogP contribution in [0.1, 0.15) is 0 Å². The first-order valence-corrected chi connectivity index (χ1v) is 7.34. The summed E-state index contributed by atoms with van der Waals surface area (Å²) in [7, 11) is -3.76. The van der Waals surface area contributed by atoms with Crippen molar-refractivity contribution in [2.24, 2.45) is 5.14 Å². The van der Waals surface area contributed by atoms with Crippen LogP contribution in [0.15, 0.2) is 41.8 Å². The summed E-state index contributed by atoms with van der Waals surface area (Å²) in [6.45, 7) is 3.37. The number of amides is 2. The third kappa shape index (κ3) is 6.06. The van der Waals surface area contributed by atoms with E-state index in [9.17, 15) is 18.0 Å². The Bertz CT molecular complexity index is 625. The largest absolute Gasteiger partial charge is 0.461 e. The van der Waals surface area contributed by atoms with E-state index in [1.165, 1.54) is 24.3 Å². The van der Waals surface area contributed by atoms with Crippen molar-refractivity contribution in [3.05, 3.63) is 36.9 Å². The number of urea groups is 1. The number of nitrogens with one attached hydrogen (secondary N) is 2. The second-order valence-electron chi connectivity index (χ2n) is 3.82. The summed E-state index contributed by atoms with van der Waals surface area (Å²) in [5.74, 6) is -0.573. The van der Waals surface area contributed by atoms with Gasteiger partial charge in [-0.1, -0.05) is 6.58 Å². The lowest BCUT2D eigenvalue weighted by atomic mass is 10.3. The molecule has 0 aliphatic carbocycles. The lowest BCUT2D eigenvalue weighted by Crippen LogP contribution is -2.31. The molecule has 0 saturated heterocycles. The molecular formula is C12H15N3O5S. The van der Waals surface area contributed by atoms with Gasteiger partial charge in [-0.3, -0.25) is 0 Å². The Labute approximate surface area is 122 Å². The van der Waals surface area contributed by atoms with Gasteiger partial charge in [0.1, 0.15) is 6.61 Å². The third-order valence-electron chi connectivity index (χ3n) is 2.24. The van der Waals surface area contributed by atoms with Gasteiger partial charge in [-0.15, -0.1) is 0 Å². The summed E-state index contributed by atoms with van der Waals surface area (Å²) >= 11 is 0. The average molecular weight is 313 g/mol. The van der Waals surface area contributed by atoms with E-state index in [0.29, 0.717) is 5.69 Å². The topological polar surface area (TPSA) is 128 Å². The van der Waals surface area contributed by atoms with E-state index >= 15 is 0 Å². The summed E-state index contributed by atoms with van der Waals surface area (Å²) in [5.41, 5.74) is 0.392. The SMILES string of the molecule is C=CC(=O)OCCNC(=O)Nc1ccc(S(N)(=O)=O)cc1. The van der Waals surface area contributed by atoms with Crippen LogP contribution in [0.5, 0.6) is 0 Å². The molecule has 0 aromatic heterocycles. The Morgan fingerprint density at radius 2 is 1.90 bits per heavy atom. The second-order valence-corrected chi connectivity index (χ2v) is 5.38. The highest BCUT2D eigenvalue weighted by molar-refractivity contribution is 7.89. The molecule has 0 atom stereocenters. The van der Waals surface area contributed by atoms with E-state index in [4.69, 9.17) is 5.14 Å². The number of carbonyl (C=O) groups excluding carboxylic acids is 2. The number of hydrogen-bond acceptors (Lipinski definition) is 5. The zero-order valence-corrected chi connectivity index (χ0v) is 11.9. The van der Waals surface area contributed by atoms with Crippen LogP contribution in [0.25, 0.3) is 0 Å². The number of hydrogen-bond donors (Lipinski definition) is 3. The molecule has 2 amide bonds. The molecule has 0 bridgehead atoms. The maximum atomic E-state index is 11.5. The zero-order chi connectivity index (χ0) is 15.9. The maximum Gasteiger partial charge on any atom is 0.330 e. The van der Waals surface area contributed by atoms with Crippen LogP contribution in [0.2, 0.25) is 0 Å². The predicted octanol–water partition coefficient (Wildman–Crippen LogP) is 0.185. The average Bonchev–Trinajstić information content (AvgIpc) is 2.43. The second kappa shape index (κ2) is 7.41. The van der Waals surface area contributed by atoms with Crippen LogP contribution in [-0.4, -0.2) is 33.6 Å². The van der Waals surface area contributed by atoms with Crippen LogP contribution < -0.4 is 15.8 Å². The Morgan fingerprint density at radius 3 is 2.43 bits per heavy atom. The monoisotopic (exact) mass is 313 g/mol. The van der Waals surface area contributed by atoms with E-state index in [1.807, 2.05) is 0 Å². The summed E-state index contributed by atoms with van der Waals surface area (Å²) in [6.07, 6.45) is 1.02. The van der Waals surface area contributed by atoms with E-state index in [2.05, 4.69) is 21.9 Å². The fourth-order valence-electron chi connectivity index (χ4n) is 1.28. The molecule has 1 aromatic carbocycles. The highest BCUT2D eigenvalue weighted by Crippen LogP contribution is 2.12. The summed E-state index contributed by atoms with van der Waals surface area (Å²) < 4.78 is 26.8. The lowest BCUT2D eigenvalue weighted by molar-refractivity contribution is -0.137. The number of nitrogens with two attached hydrogens (primary N) is 1. The van der Waals surface area contributed by atoms with E-state index < -0.39 is 22.0 Å². The highest BCUT2D eigenvalue weighted by Gasteiger charge is 2.07. The van der Waals surface area contributed by atoms with Gasteiger partial charge in [0.05, 0.1) is 11.4 Å². The van der Waals surface area contributed by atoms with Gasteiger partial charge < -0.3 is 15.4 Å². The number of benzene rings is 1. The molecule has 9 heteroatoms. The van der Waals surface area contributed by atoms with E-state index in [0.717, 1.165) is 6.08 Å². The number of rotatable bonds is 6. The lowest BCUT2D eigenvalue weighted by Gasteiger charge is -2.08. The molecule has 4 N–H and O–H groups in total. The van der Waals surface area contributed by atoms with Crippen LogP contribution in [0.4, 0.5) is 10.5 Å². The van der Waals surface area contributed by atoms with Crippen LogP contribution >= 0.6 is 0 Å². The van der Waals surface area contributed by atoms with Crippen molar-refractivity contribution >= 4 is 27.7 Å². The highest BCUT2D eigenvalue weighted by atomic mass is 32.2. The number of esters is 1. The molecule has 0 fully saturated rings. The quantitative estimate of drug-likeness (QED) is 0.392. The summed E-state index contributed by atoms with van der Waals surface area (Å²) in [5, 5.41) is 9.88. The Morgan fingerprint density at radius 1 is 1.29 bits per heavy atom. The van der Waals surface area contributed by atoms with Gasteiger partial charge in [0, 0.05) is 11.8 Å². The molecule has 0 heterocycles. The summed E-state index contributed by atoms with van der Waals surface area (Å²) in [6, 6.07) is 4.83. The molecule has 114 valence electrons. The van der Waals surface area contributed by atoms with Gasteiger partial charge in [0.15, 0.2) is 0 Å². The van der Waals surface area contributed by atoms with Crippen molar-refractivity contribution in [1.82, 2.24) is 5.32 Å². The van der Waals surface area contributed by atoms with E-state index in [1.54, 1.807) is 0 Å². The minimum atomic E-state index is -3.76. The van der Waals surface area contributed by atoms with Gasteiger partial charge >= 0.3 is 12.0 Å². The third-order valence-corrected chi connectivity index (χ3v) is 3.17. The van der Waals surface area contributed by atoms with Gasteiger partial charge in [-0.2, -0.15) is 0 Å². The molecule has 0 saturated carbocycles. The van der Waals surface area contributed by atoms with Gasteiger partial charge in [0.2, 0.25) is 10.0 Å². The predicted molar refractivity (Wildman–Crippen MR) is 76.0 cm³/mol. The van der Waals surface area contributed by atoms with Crippen molar-refractivity contribution in [2.45, 2.75) is 4.90 Å². The zero-order valence-electron chi connectivity index (χ0n) is 11.0. The fourth-order valence-corrected chi connectivity index (χ4v) is 1.79. The van der Waals surface area contributed by atoms with Gasteiger partial charge in [0.25, 0.3) is 0 Å². The first-order chi connectivity index (χ1) is 9.82. The molecule has 0 spiro atoms. The van der Waals surface area contributed by atoms with Crippen molar-refractivity contribution in [2.75, 3.05) is 18.5 Å². The number of primary sulfonamides is 1. The summed E-state index contributed by atoms with van der Waals surface area (Å²) in [4.78, 5) is 22.2. The minimum Gasteiger partial charge on any atom is -0.461 e.